The van der Waals surface area contributed by atoms with Crippen LogP contribution in [-0.2, 0) is 16.0 Å². The fraction of sp³-hybridized carbons (Fsp3) is 0.474. The number of carbonyl (C=O) groups is 2. The third-order valence-corrected chi connectivity index (χ3v) is 5.45. The molecule has 3 heterocycles. The van der Waals surface area contributed by atoms with Crippen LogP contribution in [0.3, 0.4) is 0 Å². The Hall–Kier alpha value is -2.90. The molecule has 2 saturated heterocycles. The van der Waals surface area contributed by atoms with Crippen molar-refractivity contribution >= 4 is 11.8 Å². The van der Waals surface area contributed by atoms with Crippen molar-refractivity contribution in [2.45, 2.75) is 38.1 Å². The second kappa shape index (κ2) is 7.38. The van der Waals surface area contributed by atoms with E-state index in [4.69, 9.17) is 0 Å². The summed E-state index contributed by atoms with van der Waals surface area (Å²) in [6, 6.07) is 9.11. The monoisotopic (exact) mass is 369 g/mol. The standard InChI is InChI=1S/C19H23N5O3/c25-17-7-6-15(20-17)18(26)23-10-8-13(9-11-23)12-16-21-22-19(27)24(16)14-4-2-1-3-5-14/h1-5,13,15H,6-12H2,(H,20,25)(H,22,27)/t15-/m1/s1. The Labute approximate surface area is 156 Å². The molecule has 1 aromatic carbocycles. The largest absolute Gasteiger partial charge is 0.347 e. The van der Waals surface area contributed by atoms with E-state index in [2.05, 4.69) is 15.5 Å². The van der Waals surface area contributed by atoms with Gasteiger partial charge in [0.15, 0.2) is 0 Å². The lowest BCUT2D eigenvalue weighted by Crippen LogP contribution is -2.47. The molecular weight excluding hydrogens is 346 g/mol. The molecule has 2 aliphatic rings. The topological polar surface area (TPSA) is 100 Å². The van der Waals surface area contributed by atoms with Gasteiger partial charge in [0, 0.05) is 25.9 Å². The van der Waals surface area contributed by atoms with Gasteiger partial charge in [0.05, 0.1) is 5.69 Å². The molecule has 2 amide bonds. The van der Waals surface area contributed by atoms with Crippen LogP contribution < -0.4 is 11.0 Å². The number of rotatable bonds is 4. The van der Waals surface area contributed by atoms with Gasteiger partial charge in [0.2, 0.25) is 11.8 Å². The minimum Gasteiger partial charge on any atom is -0.344 e. The van der Waals surface area contributed by atoms with Gasteiger partial charge in [-0.3, -0.25) is 9.59 Å². The second-order valence-corrected chi connectivity index (χ2v) is 7.25. The highest BCUT2D eigenvalue weighted by Crippen LogP contribution is 2.23. The number of amides is 2. The highest BCUT2D eigenvalue weighted by molar-refractivity contribution is 5.90. The minimum absolute atomic E-state index is 0.0280. The molecule has 0 aliphatic carbocycles. The number of benzene rings is 1. The first-order chi connectivity index (χ1) is 13.1. The summed E-state index contributed by atoms with van der Waals surface area (Å²) < 4.78 is 1.62. The number of piperidine rings is 1. The van der Waals surface area contributed by atoms with Gasteiger partial charge in [-0.15, -0.1) is 0 Å². The molecule has 2 N–H and O–H groups in total. The summed E-state index contributed by atoms with van der Waals surface area (Å²) >= 11 is 0. The average Bonchev–Trinajstić information content (AvgIpc) is 3.28. The predicted molar refractivity (Wildman–Crippen MR) is 98.4 cm³/mol. The van der Waals surface area contributed by atoms with E-state index in [-0.39, 0.29) is 23.5 Å². The lowest BCUT2D eigenvalue weighted by atomic mass is 9.92. The number of likely N-dealkylation sites (tertiary alicyclic amines) is 1. The van der Waals surface area contributed by atoms with E-state index < -0.39 is 0 Å². The summed E-state index contributed by atoms with van der Waals surface area (Å²) in [5.74, 6) is 1.07. The van der Waals surface area contributed by atoms with Crippen LogP contribution in [0.2, 0.25) is 0 Å². The minimum atomic E-state index is -0.358. The van der Waals surface area contributed by atoms with E-state index in [1.54, 1.807) is 4.57 Å². The molecule has 0 saturated carbocycles. The fourth-order valence-corrected chi connectivity index (χ4v) is 3.95. The molecular formula is C19H23N5O3. The third kappa shape index (κ3) is 3.65. The molecule has 27 heavy (non-hydrogen) atoms. The second-order valence-electron chi connectivity index (χ2n) is 7.25. The van der Waals surface area contributed by atoms with Crippen molar-refractivity contribution in [1.29, 1.82) is 0 Å². The van der Waals surface area contributed by atoms with E-state index in [1.807, 2.05) is 35.2 Å². The number of nitrogens with zero attached hydrogens (tertiary/aromatic N) is 3. The van der Waals surface area contributed by atoms with Crippen LogP contribution in [0.15, 0.2) is 35.1 Å². The number of carbonyl (C=O) groups excluding carboxylic acids is 2. The van der Waals surface area contributed by atoms with Gasteiger partial charge < -0.3 is 10.2 Å². The Kier molecular flexibility index (Phi) is 4.79. The molecule has 0 spiro atoms. The first-order valence-corrected chi connectivity index (χ1v) is 9.41. The van der Waals surface area contributed by atoms with Gasteiger partial charge in [-0.2, -0.15) is 5.10 Å². The molecule has 2 aromatic rings. The quantitative estimate of drug-likeness (QED) is 0.825. The molecule has 2 aliphatic heterocycles. The zero-order valence-corrected chi connectivity index (χ0v) is 15.1. The van der Waals surface area contributed by atoms with Gasteiger partial charge in [-0.05, 0) is 37.3 Å². The molecule has 8 heteroatoms. The molecule has 8 nitrogen and oxygen atoms in total. The number of nitrogens with one attached hydrogen (secondary N) is 2. The highest BCUT2D eigenvalue weighted by atomic mass is 16.2. The Morgan fingerprint density at radius 2 is 1.85 bits per heavy atom. The smallest absolute Gasteiger partial charge is 0.344 e. The first kappa shape index (κ1) is 17.5. The van der Waals surface area contributed by atoms with Crippen molar-refractivity contribution in [2.75, 3.05) is 13.1 Å². The summed E-state index contributed by atoms with van der Waals surface area (Å²) in [4.78, 5) is 37.8. The summed E-state index contributed by atoms with van der Waals surface area (Å²) in [5.41, 5.74) is 0.566. The van der Waals surface area contributed by atoms with Gasteiger partial charge in [-0.1, -0.05) is 18.2 Å². The van der Waals surface area contributed by atoms with Crippen LogP contribution in [0, 0.1) is 5.92 Å². The lowest BCUT2D eigenvalue weighted by Gasteiger charge is -2.33. The van der Waals surface area contributed by atoms with Gasteiger partial charge >= 0.3 is 5.69 Å². The number of aromatic nitrogens is 3. The van der Waals surface area contributed by atoms with Crippen molar-refractivity contribution in [3.05, 3.63) is 46.6 Å². The van der Waals surface area contributed by atoms with Gasteiger partial charge in [0.1, 0.15) is 11.9 Å². The van der Waals surface area contributed by atoms with Crippen molar-refractivity contribution in [2.24, 2.45) is 5.92 Å². The van der Waals surface area contributed by atoms with E-state index in [0.29, 0.717) is 38.3 Å². The zero-order chi connectivity index (χ0) is 18.8. The van der Waals surface area contributed by atoms with Crippen LogP contribution >= 0.6 is 0 Å². The Morgan fingerprint density at radius 3 is 2.52 bits per heavy atom. The number of aromatic amines is 1. The molecule has 2 fully saturated rings. The van der Waals surface area contributed by atoms with Crippen LogP contribution in [0.5, 0.6) is 0 Å². The number of hydrogen-bond donors (Lipinski definition) is 2. The van der Waals surface area contributed by atoms with Crippen molar-refractivity contribution in [3.8, 4) is 5.69 Å². The molecule has 0 unspecified atom stereocenters. The van der Waals surface area contributed by atoms with E-state index in [0.717, 1.165) is 24.4 Å². The molecule has 1 aromatic heterocycles. The molecule has 1 atom stereocenters. The lowest BCUT2D eigenvalue weighted by molar-refractivity contribution is -0.135. The highest BCUT2D eigenvalue weighted by Gasteiger charge is 2.33. The van der Waals surface area contributed by atoms with Crippen molar-refractivity contribution < 1.29 is 9.59 Å². The van der Waals surface area contributed by atoms with Crippen LogP contribution in [0.1, 0.15) is 31.5 Å². The fourth-order valence-electron chi connectivity index (χ4n) is 3.95. The van der Waals surface area contributed by atoms with Crippen molar-refractivity contribution in [3.63, 3.8) is 0 Å². The Balaban J connectivity index is 1.38. The average molecular weight is 369 g/mol. The normalized spacial score (nSPS) is 20.7. The summed E-state index contributed by atoms with van der Waals surface area (Å²) in [7, 11) is 0. The molecule has 0 radical (unpaired) electrons. The van der Waals surface area contributed by atoms with Crippen LogP contribution in [-0.4, -0.2) is 50.6 Å². The summed E-state index contributed by atoms with van der Waals surface area (Å²) in [6.45, 7) is 1.35. The SMILES string of the molecule is O=C1CC[C@H](C(=O)N2CCC(Cc3n[nH]c(=O)n3-c3ccccc3)CC2)N1. The van der Waals surface area contributed by atoms with E-state index >= 15 is 0 Å². The molecule has 0 bridgehead atoms. The number of para-hydroxylation sites is 1. The first-order valence-electron chi connectivity index (χ1n) is 9.41. The zero-order valence-electron chi connectivity index (χ0n) is 15.1. The van der Waals surface area contributed by atoms with Gasteiger partial charge in [0.25, 0.3) is 0 Å². The maximum absolute atomic E-state index is 12.5. The van der Waals surface area contributed by atoms with Gasteiger partial charge in [-0.25, -0.2) is 14.5 Å². The third-order valence-electron chi connectivity index (χ3n) is 5.45. The van der Waals surface area contributed by atoms with Crippen LogP contribution in [0.4, 0.5) is 0 Å². The van der Waals surface area contributed by atoms with E-state index in [9.17, 15) is 14.4 Å². The maximum Gasteiger partial charge on any atom is 0.347 e. The Bertz CT molecular complexity index is 880. The molecule has 4 rings (SSSR count). The predicted octanol–water partition coefficient (Wildman–Crippen LogP) is 0.620. The summed E-state index contributed by atoms with van der Waals surface area (Å²) in [5, 5.41) is 9.50. The van der Waals surface area contributed by atoms with E-state index in [1.165, 1.54) is 0 Å². The number of hydrogen-bond acceptors (Lipinski definition) is 4. The Morgan fingerprint density at radius 1 is 1.11 bits per heavy atom. The maximum atomic E-state index is 12.5. The summed E-state index contributed by atoms with van der Waals surface area (Å²) in [6.07, 6.45) is 3.44. The van der Waals surface area contributed by atoms with Crippen LogP contribution in [0.25, 0.3) is 5.69 Å². The van der Waals surface area contributed by atoms with Crippen molar-refractivity contribution in [1.82, 2.24) is 25.0 Å². The molecule has 142 valence electrons. The number of H-pyrrole nitrogens is 1.